The second-order valence-corrected chi connectivity index (χ2v) is 9.27. The molecule has 2 aromatic heterocycles. The summed E-state index contributed by atoms with van der Waals surface area (Å²) < 4.78 is 0. The highest BCUT2D eigenvalue weighted by Gasteiger charge is 2.24. The van der Waals surface area contributed by atoms with Crippen LogP contribution in [0, 0.1) is 0 Å². The van der Waals surface area contributed by atoms with Crippen LogP contribution < -0.4 is 0 Å². The SMILES string of the molecule is O=C(c1ccc(C(=O)N2CCc3sccc3C2)cc1)N1CCc2sccc2C1. The molecule has 0 aliphatic carbocycles. The summed E-state index contributed by atoms with van der Waals surface area (Å²) in [6, 6.07) is 11.4. The average molecular weight is 409 g/mol. The van der Waals surface area contributed by atoms with Gasteiger partial charge in [-0.05, 0) is 71.1 Å². The monoisotopic (exact) mass is 408 g/mol. The van der Waals surface area contributed by atoms with Crippen LogP contribution in [0.5, 0.6) is 0 Å². The molecule has 0 unspecified atom stereocenters. The second-order valence-electron chi connectivity index (χ2n) is 7.27. The van der Waals surface area contributed by atoms with Crippen LogP contribution in [-0.4, -0.2) is 34.7 Å². The molecule has 0 N–H and O–H groups in total. The van der Waals surface area contributed by atoms with Crippen LogP contribution in [0.4, 0.5) is 0 Å². The lowest BCUT2D eigenvalue weighted by Crippen LogP contribution is -2.36. The Hall–Kier alpha value is -2.44. The number of thiophene rings is 2. The molecule has 0 bridgehead atoms. The van der Waals surface area contributed by atoms with E-state index in [1.807, 2.05) is 9.80 Å². The summed E-state index contributed by atoms with van der Waals surface area (Å²) in [5.74, 6) is 0.0773. The third kappa shape index (κ3) is 3.16. The quantitative estimate of drug-likeness (QED) is 0.637. The van der Waals surface area contributed by atoms with Crippen molar-refractivity contribution in [2.24, 2.45) is 0 Å². The van der Waals surface area contributed by atoms with Gasteiger partial charge in [0.2, 0.25) is 0 Å². The molecule has 3 aromatic rings. The molecular weight excluding hydrogens is 388 g/mol. The number of nitrogens with zero attached hydrogens (tertiary/aromatic N) is 2. The van der Waals surface area contributed by atoms with Gasteiger partial charge in [0, 0.05) is 47.1 Å². The molecule has 4 heterocycles. The number of benzene rings is 1. The molecule has 2 amide bonds. The maximum atomic E-state index is 12.9. The van der Waals surface area contributed by atoms with E-state index in [0.717, 1.165) is 25.9 Å². The fourth-order valence-electron chi connectivity index (χ4n) is 3.96. The summed E-state index contributed by atoms with van der Waals surface area (Å²) in [5, 5.41) is 4.19. The Balaban J connectivity index is 1.28. The van der Waals surface area contributed by atoms with E-state index >= 15 is 0 Å². The topological polar surface area (TPSA) is 40.6 Å². The lowest BCUT2D eigenvalue weighted by atomic mass is 10.1. The molecule has 0 fully saturated rings. The molecule has 2 aliphatic heterocycles. The second kappa shape index (κ2) is 7.18. The zero-order chi connectivity index (χ0) is 19.1. The van der Waals surface area contributed by atoms with Gasteiger partial charge in [-0.15, -0.1) is 22.7 Å². The number of rotatable bonds is 2. The van der Waals surface area contributed by atoms with Gasteiger partial charge >= 0.3 is 0 Å². The minimum atomic E-state index is 0.0386. The van der Waals surface area contributed by atoms with Gasteiger partial charge in [-0.1, -0.05) is 0 Å². The van der Waals surface area contributed by atoms with Crippen LogP contribution in [0.15, 0.2) is 47.2 Å². The fraction of sp³-hybridized carbons (Fsp3) is 0.273. The third-order valence-corrected chi connectivity index (χ3v) is 7.61. The van der Waals surface area contributed by atoms with Crippen molar-refractivity contribution in [3.63, 3.8) is 0 Å². The average Bonchev–Trinajstić information content (AvgIpc) is 3.40. The number of hydrogen-bond acceptors (Lipinski definition) is 4. The van der Waals surface area contributed by atoms with Gasteiger partial charge in [0.05, 0.1) is 0 Å². The molecular formula is C22H20N2O2S2. The summed E-state index contributed by atoms with van der Waals surface area (Å²) >= 11 is 3.54. The van der Waals surface area contributed by atoms with Gasteiger partial charge < -0.3 is 9.80 Å². The molecule has 28 heavy (non-hydrogen) atoms. The number of fused-ring (bicyclic) bond motifs is 2. The Morgan fingerprint density at radius 3 is 1.54 bits per heavy atom. The Bertz CT molecular complexity index is 952. The minimum Gasteiger partial charge on any atom is -0.334 e. The normalized spacial score (nSPS) is 15.9. The first kappa shape index (κ1) is 17.6. The van der Waals surface area contributed by atoms with Gasteiger partial charge in [-0.2, -0.15) is 0 Å². The molecule has 2 aliphatic rings. The predicted molar refractivity (Wildman–Crippen MR) is 112 cm³/mol. The van der Waals surface area contributed by atoms with Crippen molar-refractivity contribution in [2.45, 2.75) is 25.9 Å². The molecule has 1 aromatic carbocycles. The lowest BCUT2D eigenvalue weighted by Gasteiger charge is -2.28. The van der Waals surface area contributed by atoms with Gasteiger partial charge in [-0.3, -0.25) is 9.59 Å². The highest BCUT2D eigenvalue weighted by atomic mass is 32.1. The smallest absolute Gasteiger partial charge is 0.254 e. The first-order valence-electron chi connectivity index (χ1n) is 9.48. The largest absolute Gasteiger partial charge is 0.334 e. The number of carbonyl (C=O) groups is 2. The molecule has 142 valence electrons. The van der Waals surface area contributed by atoms with Gasteiger partial charge in [-0.25, -0.2) is 0 Å². The molecule has 0 radical (unpaired) electrons. The molecule has 0 atom stereocenters. The van der Waals surface area contributed by atoms with Crippen LogP contribution in [-0.2, 0) is 25.9 Å². The first-order chi connectivity index (χ1) is 13.7. The van der Waals surface area contributed by atoms with Crippen molar-refractivity contribution in [3.05, 3.63) is 79.2 Å². The summed E-state index contributed by atoms with van der Waals surface area (Å²) in [4.78, 5) is 32.3. The predicted octanol–water partition coefficient (Wildman–Crippen LogP) is 4.21. The fourth-order valence-corrected chi connectivity index (χ4v) is 5.74. The molecule has 0 spiro atoms. The van der Waals surface area contributed by atoms with Crippen molar-refractivity contribution in [1.29, 1.82) is 0 Å². The Kier molecular flexibility index (Phi) is 4.53. The number of hydrogen-bond donors (Lipinski definition) is 0. The molecule has 6 heteroatoms. The zero-order valence-corrected chi connectivity index (χ0v) is 17.0. The van der Waals surface area contributed by atoms with Crippen LogP contribution in [0.25, 0.3) is 0 Å². The van der Waals surface area contributed by atoms with E-state index < -0.39 is 0 Å². The van der Waals surface area contributed by atoms with E-state index in [0.29, 0.717) is 24.2 Å². The maximum absolute atomic E-state index is 12.9. The standard InChI is InChI=1S/C22H20N2O2S2/c25-21(23-9-5-19-17(13-23)7-11-27-19)15-1-2-16(4-3-15)22(26)24-10-6-20-18(14-24)8-12-28-20/h1-4,7-8,11-12H,5-6,9-10,13-14H2. The molecule has 0 saturated heterocycles. The Labute approximate surface area is 172 Å². The van der Waals surface area contributed by atoms with Crippen LogP contribution in [0.2, 0.25) is 0 Å². The van der Waals surface area contributed by atoms with Crippen molar-refractivity contribution >= 4 is 34.5 Å². The highest BCUT2D eigenvalue weighted by Crippen LogP contribution is 2.26. The van der Waals surface area contributed by atoms with Crippen molar-refractivity contribution in [3.8, 4) is 0 Å². The molecule has 5 rings (SSSR count). The third-order valence-electron chi connectivity index (χ3n) is 5.57. The molecule has 0 saturated carbocycles. The van der Waals surface area contributed by atoms with Crippen LogP contribution >= 0.6 is 22.7 Å². The van der Waals surface area contributed by atoms with Crippen molar-refractivity contribution < 1.29 is 9.59 Å². The van der Waals surface area contributed by atoms with E-state index in [-0.39, 0.29) is 11.8 Å². The number of carbonyl (C=O) groups excluding carboxylic acids is 2. The van der Waals surface area contributed by atoms with Crippen LogP contribution in [0.3, 0.4) is 0 Å². The van der Waals surface area contributed by atoms with E-state index in [9.17, 15) is 9.59 Å². The van der Waals surface area contributed by atoms with Gasteiger partial charge in [0.25, 0.3) is 11.8 Å². The van der Waals surface area contributed by atoms with E-state index in [2.05, 4.69) is 22.9 Å². The van der Waals surface area contributed by atoms with Gasteiger partial charge in [0.1, 0.15) is 0 Å². The lowest BCUT2D eigenvalue weighted by molar-refractivity contribution is 0.0724. The summed E-state index contributed by atoms with van der Waals surface area (Å²) in [7, 11) is 0. The maximum Gasteiger partial charge on any atom is 0.254 e. The van der Waals surface area contributed by atoms with E-state index in [1.165, 1.54) is 20.9 Å². The van der Waals surface area contributed by atoms with Crippen molar-refractivity contribution in [1.82, 2.24) is 9.80 Å². The minimum absolute atomic E-state index is 0.0386. The van der Waals surface area contributed by atoms with Crippen LogP contribution in [0.1, 0.15) is 41.6 Å². The number of amides is 2. The molecule has 4 nitrogen and oxygen atoms in total. The Morgan fingerprint density at radius 1 is 0.679 bits per heavy atom. The summed E-state index contributed by atoms with van der Waals surface area (Å²) in [6.45, 7) is 2.86. The van der Waals surface area contributed by atoms with Crippen molar-refractivity contribution in [2.75, 3.05) is 13.1 Å². The van der Waals surface area contributed by atoms with E-state index in [4.69, 9.17) is 0 Å². The highest BCUT2D eigenvalue weighted by molar-refractivity contribution is 7.10. The van der Waals surface area contributed by atoms with Gasteiger partial charge in [0.15, 0.2) is 0 Å². The summed E-state index contributed by atoms with van der Waals surface area (Å²) in [6.07, 6.45) is 1.85. The first-order valence-corrected chi connectivity index (χ1v) is 11.2. The Morgan fingerprint density at radius 2 is 1.11 bits per heavy atom. The summed E-state index contributed by atoms with van der Waals surface area (Å²) in [5.41, 5.74) is 3.81. The van der Waals surface area contributed by atoms with E-state index in [1.54, 1.807) is 46.9 Å². The zero-order valence-electron chi connectivity index (χ0n) is 15.4.